The summed E-state index contributed by atoms with van der Waals surface area (Å²) in [7, 11) is 0. The average Bonchev–Trinajstić information content (AvgIpc) is 2.92. The number of carbonyl (C=O) groups is 1. The second-order valence-electron chi connectivity index (χ2n) is 5.55. The molecule has 0 bridgehead atoms. The fourth-order valence-corrected chi connectivity index (χ4v) is 3.59. The number of benzene rings is 2. The van der Waals surface area contributed by atoms with E-state index in [4.69, 9.17) is 0 Å². The van der Waals surface area contributed by atoms with Crippen LogP contribution in [-0.2, 0) is 13.1 Å². The molecule has 4 heteroatoms. The van der Waals surface area contributed by atoms with Crippen molar-refractivity contribution >= 4 is 32.7 Å². The van der Waals surface area contributed by atoms with Gasteiger partial charge in [0.15, 0.2) is 0 Å². The first-order valence-corrected chi connectivity index (χ1v) is 8.14. The molecule has 0 radical (unpaired) electrons. The predicted molar refractivity (Wildman–Crippen MR) is 90.8 cm³/mol. The van der Waals surface area contributed by atoms with Crippen LogP contribution in [0.25, 0.3) is 10.9 Å². The minimum atomic E-state index is 0.0870. The zero-order valence-electron chi connectivity index (χ0n) is 12.0. The van der Waals surface area contributed by atoms with Crippen LogP contribution in [0.5, 0.6) is 0 Å². The Kier molecular flexibility index (Phi) is 3.26. The van der Waals surface area contributed by atoms with Crippen molar-refractivity contribution in [2.24, 2.45) is 0 Å². The molecular formula is C18H15BrN2O. The largest absolute Gasteiger partial charge is 0.341 e. The molecule has 1 aliphatic rings. The van der Waals surface area contributed by atoms with Crippen molar-refractivity contribution in [3.8, 4) is 0 Å². The lowest BCUT2D eigenvalue weighted by Gasteiger charge is -2.29. The van der Waals surface area contributed by atoms with Crippen LogP contribution in [0.4, 0.5) is 0 Å². The van der Waals surface area contributed by atoms with Crippen LogP contribution in [0, 0.1) is 0 Å². The SMILES string of the molecule is O=C(c1ccccc1Br)N1CCn2c(cc3ccccc32)C1. The third-order valence-electron chi connectivity index (χ3n) is 4.23. The molecule has 0 atom stereocenters. The fraction of sp³-hybridized carbons (Fsp3) is 0.167. The van der Waals surface area contributed by atoms with Gasteiger partial charge >= 0.3 is 0 Å². The zero-order chi connectivity index (χ0) is 15.1. The summed E-state index contributed by atoms with van der Waals surface area (Å²) in [5.74, 6) is 0.0870. The Bertz CT molecular complexity index is 868. The molecule has 2 heterocycles. The molecule has 1 amide bonds. The molecule has 2 aromatic carbocycles. The maximum absolute atomic E-state index is 12.7. The summed E-state index contributed by atoms with van der Waals surface area (Å²) >= 11 is 3.47. The van der Waals surface area contributed by atoms with E-state index in [0.717, 1.165) is 23.1 Å². The van der Waals surface area contributed by atoms with E-state index < -0.39 is 0 Å². The van der Waals surface area contributed by atoms with E-state index in [1.807, 2.05) is 29.2 Å². The van der Waals surface area contributed by atoms with Crippen LogP contribution in [0.2, 0.25) is 0 Å². The molecule has 0 N–H and O–H groups in total. The summed E-state index contributed by atoms with van der Waals surface area (Å²) in [5, 5.41) is 1.24. The smallest absolute Gasteiger partial charge is 0.255 e. The molecule has 0 saturated carbocycles. The highest BCUT2D eigenvalue weighted by Crippen LogP contribution is 2.26. The lowest BCUT2D eigenvalue weighted by atomic mass is 10.2. The summed E-state index contributed by atoms with van der Waals surface area (Å²) < 4.78 is 3.17. The summed E-state index contributed by atoms with van der Waals surface area (Å²) in [5.41, 5.74) is 3.19. The van der Waals surface area contributed by atoms with Crippen molar-refractivity contribution in [1.29, 1.82) is 0 Å². The van der Waals surface area contributed by atoms with E-state index in [0.29, 0.717) is 6.54 Å². The molecule has 0 aliphatic carbocycles. The molecule has 4 rings (SSSR count). The molecule has 3 nitrogen and oxygen atoms in total. The van der Waals surface area contributed by atoms with Crippen LogP contribution in [-0.4, -0.2) is 21.9 Å². The van der Waals surface area contributed by atoms with Gasteiger partial charge in [-0.05, 0) is 45.6 Å². The number of amides is 1. The van der Waals surface area contributed by atoms with E-state index in [1.54, 1.807) is 0 Å². The molecule has 3 aromatic rings. The Morgan fingerprint density at radius 1 is 1.00 bits per heavy atom. The number of hydrogen-bond acceptors (Lipinski definition) is 1. The lowest BCUT2D eigenvalue weighted by molar-refractivity contribution is 0.0711. The Balaban J connectivity index is 1.67. The first-order valence-electron chi connectivity index (χ1n) is 7.35. The fourth-order valence-electron chi connectivity index (χ4n) is 3.14. The van der Waals surface area contributed by atoms with E-state index in [2.05, 4.69) is 50.8 Å². The van der Waals surface area contributed by atoms with Crippen molar-refractivity contribution in [3.05, 3.63) is 70.3 Å². The normalized spacial score (nSPS) is 14.1. The number of hydrogen-bond donors (Lipinski definition) is 0. The highest BCUT2D eigenvalue weighted by molar-refractivity contribution is 9.10. The second kappa shape index (κ2) is 5.29. The number of rotatable bonds is 1. The van der Waals surface area contributed by atoms with Gasteiger partial charge in [0, 0.05) is 28.8 Å². The number of fused-ring (bicyclic) bond motifs is 3. The van der Waals surface area contributed by atoms with Gasteiger partial charge in [-0.25, -0.2) is 0 Å². The summed E-state index contributed by atoms with van der Waals surface area (Å²) in [6, 6.07) is 18.2. The van der Waals surface area contributed by atoms with Gasteiger partial charge in [-0.15, -0.1) is 0 Å². The number of carbonyl (C=O) groups excluding carboxylic acids is 1. The molecule has 1 aliphatic heterocycles. The summed E-state index contributed by atoms with van der Waals surface area (Å²) in [6.45, 7) is 2.25. The summed E-state index contributed by atoms with van der Waals surface area (Å²) in [4.78, 5) is 14.7. The van der Waals surface area contributed by atoms with Gasteiger partial charge in [-0.3, -0.25) is 4.79 Å². The Morgan fingerprint density at radius 3 is 2.64 bits per heavy atom. The highest BCUT2D eigenvalue weighted by atomic mass is 79.9. The highest BCUT2D eigenvalue weighted by Gasteiger charge is 2.24. The van der Waals surface area contributed by atoms with Crippen molar-refractivity contribution in [2.75, 3.05) is 6.54 Å². The van der Waals surface area contributed by atoms with Gasteiger partial charge in [0.25, 0.3) is 5.91 Å². The van der Waals surface area contributed by atoms with Gasteiger partial charge in [-0.2, -0.15) is 0 Å². The molecule has 0 spiro atoms. The maximum Gasteiger partial charge on any atom is 0.255 e. The van der Waals surface area contributed by atoms with Crippen LogP contribution in [0.15, 0.2) is 59.1 Å². The molecule has 110 valence electrons. The summed E-state index contributed by atoms with van der Waals surface area (Å²) in [6.07, 6.45) is 0. The minimum Gasteiger partial charge on any atom is -0.341 e. The van der Waals surface area contributed by atoms with Gasteiger partial charge in [-0.1, -0.05) is 30.3 Å². The monoisotopic (exact) mass is 354 g/mol. The number of para-hydroxylation sites is 1. The molecule has 22 heavy (non-hydrogen) atoms. The molecule has 0 saturated heterocycles. The van der Waals surface area contributed by atoms with Crippen LogP contribution in [0.3, 0.4) is 0 Å². The predicted octanol–water partition coefficient (Wildman–Crippen LogP) is 4.06. The Labute approximate surface area is 137 Å². The van der Waals surface area contributed by atoms with Crippen LogP contribution < -0.4 is 0 Å². The second-order valence-corrected chi connectivity index (χ2v) is 6.41. The van der Waals surface area contributed by atoms with Crippen LogP contribution in [0.1, 0.15) is 16.1 Å². The van der Waals surface area contributed by atoms with E-state index in [-0.39, 0.29) is 5.91 Å². The molecular weight excluding hydrogens is 340 g/mol. The van der Waals surface area contributed by atoms with E-state index in [9.17, 15) is 4.79 Å². The third-order valence-corrected chi connectivity index (χ3v) is 4.93. The van der Waals surface area contributed by atoms with Crippen molar-refractivity contribution < 1.29 is 4.79 Å². The van der Waals surface area contributed by atoms with E-state index in [1.165, 1.54) is 16.6 Å². The topological polar surface area (TPSA) is 25.2 Å². The van der Waals surface area contributed by atoms with Crippen molar-refractivity contribution in [3.63, 3.8) is 0 Å². The van der Waals surface area contributed by atoms with Gasteiger partial charge in [0.05, 0.1) is 12.1 Å². The van der Waals surface area contributed by atoms with Crippen molar-refractivity contribution in [2.45, 2.75) is 13.1 Å². The zero-order valence-corrected chi connectivity index (χ0v) is 13.6. The quantitative estimate of drug-likeness (QED) is 0.646. The maximum atomic E-state index is 12.7. The van der Waals surface area contributed by atoms with E-state index >= 15 is 0 Å². The first kappa shape index (κ1) is 13.6. The number of aromatic nitrogens is 1. The van der Waals surface area contributed by atoms with Crippen LogP contribution >= 0.6 is 15.9 Å². The first-order chi connectivity index (χ1) is 10.7. The van der Waals surface area contributed by atoms with Crippen molar-refractivity contribution in [1.82, 2.24) is 9.47 Å². The molecule has 0 unspecified atom stereocenters. The van der Waals surface area contributed by atoms with Gasteiger partial charge in [0.2, 0.25) is 0 Å². The average molecular weight is 355 g/mol. The lowest BCUT2D eigenvalue weighted by Crippen LogP contribution is -2.38. The molecule has 1 aromatic heterocycles. The Hall–Kier alpha value is -2.07. The van der Waals surface area contributed by atoms with Gasteiger partial charge in [0.1, 0.15) is 0 Å². The minimum absolute atomic E-state index is 0.0870. The third kappa shape index (κ3) is 2.15. The number of halogens is 1. The Morgan fingerprint density at radius 2 is 1.77 bits per heavy atom. The molecule has 0 fully saturated rings. The number of nitrogens with zero attached hydrogens (tertiary/aromatic N) is 2. The van der Waals surface area contributed by atoms with Gasteiger partial charge < -0.3 is 9.47 Å². The standard InChI is InChI=1S/C18H15BrN2O/c19-16-7-3-2-6-15(16)18(22)20-9-10-21-14(12-20)11-13-5-1-4-8-17(13)21/h1-8,11H,9-10,12H2.